The Morgan fingerprint density at radius 3 is 2.00 bits per heavy atom. The minimum atomic E-state index is -0.894. The average Bonchev–Trinajstić information content (AvgIpc) is 2.76. The molecule has 0 aliphatic rings. The van der Waals surface area contributed by atoms with Gasteiger partial charge in [-0.1, -0.05) is 35.3 Å². The number of halogens is 2. The van der Waals surface area contributed by atoms with Crippen molar-refractivity contribution in [2.75, 3.05) is 7.11 Å². The van der Waals surface area contributed by atoms with E-state index >= 15 is 0 Å². The van der Waals surface area contributed by atoms with E-state index in [4.69, 9.17) is 23.2 Å². The van der Waals surface area contributed by atoms with E-state index in [9.17, 15) is 24.6 Å². The van der Waals surface area contributed by atoms with Crippen molar-refractivity contribution < 1.29 is 19.7 Å². The van der Waals surface area contributed by atoms with E-state index < -0.39 is 22.8 Å². The minimum Gasteiger partial charge on any atom is -0.507 e. The standard InChI is InChI=1S/C12H10ClNO4.C10H8ClNO2/c1-14-7-5-3-4-6(13)8(7)10(15)9(11(14)16)12(17)18-2;1-12-7-4-2-3-6(11)10(7)8(13)5-9(12)14/h3-5,15H,1-2H3;2-5,13H,1H3. The Morgan fingerprint density at radius 1 is 0.906 bits per heavy atom. The molecule has 32 heavy (non-hydrogen) atoms. The van der Waals surface area contributed by atoms with Crippen molar-refractivity contribution in [3.05, 3.63) is 78.8 Å². The number of carbonyl (C=O) groups is 1. The zero-order chi connectivity index (χ0) is 23.7. The number of ether oxygens (including phenoxy) is 1. The largest absolute Gasteiger partial charge is 0.507 e. The average molecular weight is 477 g/mol. The fourth-order valence-electron chi connectivity index (χ4n) is 3.27. The molecule has 8 nitrogen and oxygen atoms in total. The number of methoxy groups -OCH3 is 1. The number of fused-ring (bicyclic) bond motifs is 2. The number of nitrogens with zero attached hydrogens (tertiary/aromatic N) is 2. The SMILES string of the molecule is COC(=O)c1c(O)c2c(Cl)cccc2n(C)c1=O.Cn1c(=O)cc(O)c2c(Cl)cccc21. The summed E-state index contributed by atoms with van der Waals surface area (Å²) in [4.78, 5) is 34.8. The molecule has 0 radical (unpaired) electrons. The molecule has 0 spiro atoms. The predicted molar refractivity (Wildman–Crippen MR) is 123 cm³/mol. The molecule has 0 aliphatic carbocycles. The van der Waals surface area contributed by atoms with Gasteiger partial charge >= 0.3 is 5.97 Å². The van der Waals surface area contributed by atoms with E-state index in [1.54, 1.807) is 43.4 Å². The van der Waals surface area contributed by atoms with Crippen LogP contribution in [-0.4, -0.2) is 32.4 Å². The fraction of sp³-hybridized carbons (Fsp3) is 0.136. The van der Waals surface area contributed by atoms with Gasteiger partial charge in [0.05, 0.1) is 39.0 Å². The lowest BCUT2D eigenvalue weighted by Gasteiger charge is -2.11. The molecule has 4 rings (SSSR count). The Labute approximate surface area is 191 Å². The van der Waals surface area contributed by atoms with Crippen molar-refractivity contribution in [1.82, 2.24) is 9.13 Å². The highest BCUT2D eigenvalue weighted by molar-refractivity contribution is 6.36. The van der Waals surface area contributed by atoms with Crippen molar-refractivity contribution in [2.24, 2.45) is 14.1 Å². The van der Waals surface area contributed by atoms with E-state index in [2.05, 4.69) is 4.74 Å². The number of hydrogen-bond donors (Lipinski definition) is 2. The summed E-state index contributed by atoms with van der Waals surface area (Å²) < 4.78 is 7.17. The van der Waals surface area contributed by atoms with Gasteiger partial charge in [0.25, 0.3) is 11.1 Å². The molecule has 10 heteroatoms. The fourth-order valence-corrected chi connectivity index (χ4v) is 3.79. The predicted octanol–water partition coefficient (Wildman–Crippen LogP) is 3.58. The molecule has 2 aromatic heterocycles. The van der Waals surface area contributed by atoms with Gasteiger partial charge in [-0.3, -0.25) is 9.59 Å². The van der Waals surface area contributed by atoms with Crippen LogP contribution in [-0.2, 0) is 18.8 Å². The number of aromatic hydroxyl groups is 2. The monoisotopic (exact) mass is 476 g/mol. The Bertz CT molecular complexity index is 1490. The summed E-state index contributed by atoms with van der Waals surface area (Å²) in [6.45, 7) is 0. The van der Waals surface area contributed by atoms with Crippen LogP contribution in [0.3, 0.4) is 0 Å². The number of aromatic nitrogens is 2. The molecule has 0 bridgehead atoms. The number of aryl methyl sites for hydroxylation is 2. The molecule has 0 atom stereocenters. The second kappa shape index (κ2) is 8.94. The number of carbonyl (C=O) groups excluding carboxylic acids is 1. The lowest BCUT2D eigenvalue weighted by atomic mass is 10.1. The molecular formula is C22H18Cl2N2O6. The van der Waals surface area contributed by atoms with Gasteiger partial charge in [0.2, 0.25) is 0 Å². The number of hydrogen-bond acceptors (Lipinski definition) is 6. The molecule has 0 aliphatic heterocycles. The normalized spacial score (nSPS) is 10.7. The number of esters is 1. The summed E-state index contributed by atoms with van der Waals surface area (Å²) in [6.07, 6.45) is 0. The highest BCUT2D eigenvalue weighted by atomic mass is 35.5. The molecule has 0 amide bonds. The zero-order valence-electron chi connectivity index (χ0n) is 17.2. The molecular weight excluding hydrogens is 459 g/mol. The first-order chi connectivity index (χ1) is 15.1. The van der Waals surface area contributed by atoms with Crippen LogP contribution in [0.1, 0.15) is 10.4 Å². The highest BCUT2D eigenvalue weighted by Crippen LogP contribution is 2.32. The van der Waals surface area contributed by atoms with Crippen LogP contribution >= 0.6 is 23.2 Å². The zero-order valence-corrected chi connectivity index (χ0v) is 18.7. The van der Waals surface area contributed by atoms with Crippen LogP contribution in [0.15, 0.2) is 52.1 Å². The maximum atomic E-state index is 12.0. The van der Waals surface area contributed by atoms with Crippen LogP contribution in [0.4, 0.5) is 0 Å². The first-order valence-corrected chi connectivity index (χ1v) is 9.91. The first-order valence-electron chi connectivity index (χ1n) is 9.15. The lowest BCUT2D eigenvalue weighted by Crippen LogP contribution is -2.25. The quantitative estimate of drug-likeness (QED) is 0.406. The molecule has 0 fully saturated rings. The number of rotatable bonds is 1. The van der Waals surface area contributed by atoms with Gasteiger partial charge in [-0.15, -0.1) is 0 Å². The summed E-state index contributed by atoms with van der Waals surface area (Å²) >= 11 is 11.9. The molecule has 2 aromatic carbocycles. The molecule has 0 saturated heterocycles. The van der Waals surface area contributed by atoms with Gasteiger partial charge in [0.1, 0.15) is 11.5 Å². The molecule has 2 N–H and O–H groups in total. The van der Waals surface area contributed by atoms with E-state index in [0.29, 0.717) is 21.4 Å². The van der Waals surface area contributed by atoms with Crippen molar-refractivity contribution >= 4 is 51.0 Å². The van der Waals surface area contributed by atoms with E-state index in [1.807, 2.05) is 0 Å². The molecule has 4 aromatic rings. The summed E-state index contributed by atoms with van der Waals surface area (Å²) in [5.41, 5.74) is -0.230. The van der Waals surface area contributed by atoms with Crippen molar-refractivity contribution in [1.29, 1.82) is 0 Å². The summed E-state index contributed by atoms with van der Waals surface area (Å²) in [5, 5.41) is 21.1. The summed E-state index contributed by atoms with van der Waals surface area (Å²) in [6, 6.07) is 11.2. The van der Waals surface area contributed by atoms with Crippen LogP contribution in [0.5, 0.6) is 11.5 Å². The van der Waals surface area contributed by atoms with Crippen molar-refractivity contribution in [3.63, 3.8) is 0 Å². The van der Waals surface area contributed by atoms with Crippen molar-refractivity contribution in [2.45, 2.75) is 0 Å². The van der Waals surface area contributed by atoms with Crippen LogP contribution in [0.2, 0.25) is 10.0 Å². The lowest BCUT2D eigenvalue weighted by molar-refractivity contribution is 0.0595. The smallest absolute Gasteiger partial charge is 0.347 e. The molecule has 2 heterocycles. The van der Waals surface area contributed by atoms with Gasteiger partial charge in [-0.2, -0.15) is 0 Å². The summed E-state index contributed by atoms with van der Waals surface area (Å²) in [7, 11) is 4.27. The highest BCUT2D eigenvalue weighted by Gasteiger charge is 2.22. The maximum absolute atomic E-state index is 12.0. The molecule has 166 valence electrons. The Kier molecular flexibility index (Phi) is 6.47. The van der Waals surface area contributed by atoms with E-state index in [1.165, 1.54) is 16.2 Å². The topological polar surface area (TPSA) is 111 Å². The Hall–Kier alpha value is -3.49. The molecule has 0 saturated carbocycles. The molecule has 0 unspecified atom stereocenters. The van der Waals surface area contributed by atoms with Gasteiger partial charge in [0, 0.05) is 20.2 Å². The van der Waals surface area contributed by atoms with E-state index in [0.717, 1.165) is 13.2 Å². The van der Waals surface area contributed by atoms with Gasteiger partial charge < -0.3 is 24.1 Å². The van der Waals surface area contributed by atoms with Crippen LogP contribution in [0.25, 0.3) is 21.8 Å². The minimum absolute atomic E-state index is 0.0753. The Morgan fingerprint density at radius 2 is 1.44 bits per heavy atom. The third-order valence-corrected chi connectivity index (χ3v) is 5.56. The third kappa shape index (κ3) is 3.90. The van der Waals surface area contributed by atoms with Crippen molar-refractivity contribution in [3.8, 4) is 11.5 Å². The second-order valence-electron chi connectivity index (χ2n) is 6.77. The maximum Gasteiger partial charge on any atom is 0.347 e. The van der Waals surface area contributed by atoms with Crippen LogP contribution in [0, 0.1) is 0 Å². The second-order valence-corrected chi connectivity index (χ2v) is 7.59. The number of benzene rings is 2. The van der Waals surface area contributed by atoms with Gasteiger partial charge in [0.15, 0.2) is 5.56 Å². The summed E-state index contributed by atoms with van der Waals surface area (Å²) in [5.74, 6) is -1.42. The first kappa shape index (κ1) is 23.2. The van der Waals surface area contributed by atoms with Crippen LogP contribution < -0.4 is 11.1 Å². The Balaban J connectivity index is 0.000000186. The van der Waals surface area contributed by atoms with Gasteiger partial charge in [-0.05, 0) is 24.3 Å². The number of pyridine rings is 2. The van der Waals surface area contributed by atoms with Gasteiger partial charge in [-0.25, -0.2) is 4.79 Å². The van der Waals surface area contributed by atoms with E-state index in [-0.39, 0.29) is 21.7 Å². The third-order valence-electron chi connectivity index (χ3n) is 4.93.